The number of hydrogen-bond donors (Lipinski definition) is 2. The number of nitrogens with zero attached hydrogens (tertiary/aromatic N) is 2. The first-order chi connectivity index (χ1) is 22.5. The SMILES string of the molecule is COc1ccc(C(=O)Nc2ccc(CN3C(=O)[C@]4(O[C@H](CC(=O)N5CCC[C@H]5CO)[C@@H](C(C)(C)F)[C@@H]4C)c4ccccc43)cc2)cc1. The number of hydrogen-bond acceptors (Lipinski definition) is 6. The first kappa shape index (κ1) is 32.7. The number of halogens is 1. The van der Waals surface area contributed by atoms with Crippen molar-refractivity contribution in [2.24, 2.45) is 11.8 Å². The monoisotopic (exact) mass is 643 g/mol. The number of anilines is 2. The molecule has 2 N–H and O–H groups in total. The molecule has 2 fully saturated rings. The summed E-state index contributed by atoms with van der Waals surface area (Å²) >= 11 is 0. The Bertz CT molecular complexity index is 1640. The Hall–Kier alpha value is -4.28. The summed E-state index contributed by atoms with van der Waals surface area (Å²) < 4.78 is 27.9. The van der Waals surface area contributed by atoms with Gasteiger partial charge in [0.15, 0.2) is 5.60 Å². The summed E-state index contributed by atoms with van der Waals surface area (Å²) in [6.07, 6.45) is 0.628. The van der Waals surface area contributed by atoms with E-state index in [9.17, 15) is 19.5 Å². The number of aliphatic hydroxyl groups is 1. The average molecular weight is 644 g/mol. The van der Waals surface area contributed by atoms with Crippen molar-refractivity contribution < 1.29 is 33.4 Å². The summed E-state index contributed by atoms with van der Waals surface area (Å²) in [5.74, 6) is -1.38. The van der Waals surface area contributed by atoms with Gasteiger partial charge < -0.3 is 29.7 Å². The van der Waals surface area contributed by atoms with E-state index < -0.39 is 29.2 Å². The number of rotatable bonds is 9. The second-order valence-electron chi connectivity index (χ2n) is 13.3. The van der Waals surface area contributed by atoms with E-state index in [1.807, 2.05) is 43.3 Å². The maximum absolute atomic E-state index is 16.0. The zero-order chi connectivity index (χ0) is 33.5. The van der Waals surface area contributed by atoms with Crippen LogP contribution in [0.2, 0.25) is 0 Å². The number of alkyl halides is 1. The van der Waals surface area contributed by atoms with Crippen molar-refractivity contribution in [3.63, 3.8) is 0 Å². The molecule has 10 heteroatoms. The lowest BCUT2D eigenvalue weighted by Crippen LogP contribution is -2.45. The van der Waals surface area contributed by atoms with E-state index in [0.717, 1.165) is 18.4 Å². The molecule has 3 aromatic carbocycles. The van der Waals surface area contributed by atoms with E-state index in [0.29, 0.717) is 34.8 Å². The lowest BCUT2D eigenvalue weighted by Gasteiger charge is -2.32. The Morgan fingerprint density at radius 1 is 1.09 bits per heavy atom. The van der Waals surface area contributed by atoms with Crippen molar-refractivity contribution in [3.8, 4) is 5.75 Å². The van der Waals surface area contributed by atoms with Gasteiger partial charge in [0.25, 0.3) is 11.8 Å². The van der Waals surface area contributed by atoms with Gasteiger partial charge in [-0.3, -0.25) is 14.4 Å². The lowest BCUT2D eigenvalue weighted by molar-refractivity contribution is -0.150. The van der Waals surface area contributed by atoms with Crippen molar-refractivity contribution in [2.75, 3.05) is 30.5 Å². The fraction of sp³-hybridized carbons (Fsp3) is 0.432. The van der Waals surface area contributed by atoms with Gasteiger partial charge in [-0.25, -0.2) is 4.39 Å². The number of carbonyl (C=O) groups excluding carboxylic acids is 3. The molecule has 47 heavy (non-hydrogen) atoms. The molecule has 2 saturated heterocycles. The van der Waals surface area contributed by atoms with Crippen LogP contribution in [0.25, 0.3) is 0 Å². The van der Waals surface area contributed by atoms with Crippen LogP contribution in [-0.4, -0.2) is 65.8 Å². The highest BCUT2D eigenvalue weighted by Gasteiger charge is 2.66. The zero-order valence-corrected chi connectivity index (χ0v) is 27.2. The number of amides is 3. The van der Waals surface area contributed by atoms with Gasteiger partial charge in [-0.15, -0.1) is 0 Å². The normalized spacial score (nSPS) is 25.4. The Labute approximate surface area is 274 Å². The van der Waals surface area contributed by atoms with Crippen LogP contribution >= 0.6 is 0 Å². The minimum absolute atomic E-state index is 0.0697. The van der Waals surface area contributed by atoms with Crippen LogP contribution in [0.15, 0.2) is 72.8 Å². The van der Waals surface area contributed by atoms with E-state index in [2.05, 4.69) is 5.32 Å². The summed E-state index contributed by atoms with van der Waals surface area (Å²) in [6.45, 7) is 5.48. The van der Waals surface area contributed by atoms with E-state index in [-0.39, 0.29) is 43.3 Å². The number of benzene rings is 3. The van der Waals surface area contributed by atoms with E-state index in [1.54, 1.807) is 53.3 Å². The molecule has 0 radical (unpaired) electrons. The van der Waals surface area contributed by atoms with Gasteiger partial charge in [0, 0.05) is 35.2 Å². The number of carbonyl (C=O) groups is 3. The second-order valence-corrected chi connectivity index (χ2v) is 13.3. The van der Waals surface area contributed by atoms with Crippen LogP contribution in [0.1, 0.15) is 61.5 Å². The van der Waals surface area contributed by atoms with E-state index >= 15 is 4.39 Å². The second kappa shape index (κ2) is 12.7. The number of aliphatic hydroxyl groups excluding tert-OH is 1. The molecule has 0 aromatic heterocycles. The number of likely N-dealkylation sites (tertiary alicyclic amines) is 1. The molecular weight excluding hydrogens is 601 g/mol. The Morgan fingerprint density at radius 2 is 1.79 bits per heavy atom. The number of ether oxygens (including phenoxy) is 2. The third-order valence-corrected chi connectivity index (χ3v) is 10.1. The maximum atomic E-state index is 16.0. The van der Waals surface area contributed by atoms with Gasteiger partial charge >= 0.3 is 0 Å². The molecule has 0 unspecified atom stereocenters. The third kappa shape index (κ3) is 5.89. The van der Waals surface area contributed by atoms with Crippen molar-refractivity contribution in [1.29, 1.82) is 0 Å². The van der Waals surface area contributed by atoms with Crippen LogP contribution in [-0.2, 0) is 26.5 Å². The number of nitrogens with one attached hydrogen (secondary N) is 1. The Kier molecular flexibility index (Phi) is 8.84. The molecule has 248 valence electrons. The van der Waals surface area contributed by atoms with Gasteiger partial charge in [0.1, 0.15) is 11.4 Å². The molecule has 5 atom stereocenters. The standard InChI is InChI=1S/C37H42FN3O6/c1-23-33(36(2,3)38)31(20-32(43)40-19-7-8-27(40)22-42)47-37(23)29-9-5-6-10-30(29)41(35(37)45)21-24-11-15-26(16-12-24)39-34(44)25-13-17-28(46-4)18-14-25/h5-6,9-18,23,27,31,33,42H,7-8,19-22H2,1-4H3,(H,39,44)/t23-,27-,31+,33-,37+/m0/s1. The molecule has 3 heterocycles. The Morgan fingerprint density at radius 3 is 2.45 bits per heavy atom. The van der Waals surface area contributed by atoms with Crippen LogP contribution < -0.4 is 15.0 Å². The molecule has 0 bridgehead atoms. The highest BCUT2D eigenvalue weighted by Crippen LogP contribution is 2.58. The van der Waals surface area contributed by atoms with Gasteiger partial charge in [-0.1, -0.05) is 37.3 Å². The molecule has 3 amide bonds. The number of fused-ring (bicyclic) bond motifs is 2. The first-order valence-corrected chi connectivity index (χ1v) is 16.2. The topological polar surface area (TPSA) is 108 Å². The summed E-state index contributed by atoms with van der Waals surface area (Å²) in [5.41, 5.74) is 0.0923. The quantitative estimate of drug-likeness (QED) is 0.321. The third-order valence-electron chi connectivity index (χ3n) is 10.1. The fourth-order valence-corrected chi connectivity index (χ4v) is 7.82. The first-order valence-electron chi connectivity index (χ1n) is 16.2. The molecular formula is C37H42FN3O6. The molecule has 3 aliphatic rings. The van der Waals surface area contributed by atoms with Gasteiger partial charge in [0.05, 0.1) is 44.5 Å². The van der Waals surface area contributed by atoms with Crippen molar-refractivity contribution in [3.05, 3.63) is 89.5 Å². The molecule has 3 aliphatic heterocycles. The Balaban J connectivity index is 1.23. The van der Waals surface area contributed by atoms with Crippen LogP contribution in [0.5, 0.6) is 5.75 Å². The van der Waals surface area contributed by atoms with Crippen LogP contribution in [0.3, 0.4) is 0 Å². The molecule has 1 spiro atoms. The largest absolute Gasteiger partial charge is 0.497 e. The molecule has 0 saturated carbocycles. The minimum Gasteiger partial charge on any atom is -0.497 e. The zero-order valence-electron chi connectivity index (χ0n) is 27.2. The average Bonchev–Trinajstić information content (AvgIpc) is 3.72. The smallest absolute Gasteiger partial charge is 0.264 e. The van der Waals surface area contributed by atoms with Gasteiger partial charge in [0.2, 0.25) is 5.91 Å². The van der Waals surface area contributed by atoms with E-state index in [4.69, 9.17) is 9.47 Å². The van der Waals surface area contributed by atoms with Gasteiger partial charge in [-0.2, -0.15) is 0 Å². The number of methoxy groups -OCH3 is 1. The maximum Gasteiger partial charge on any atom is 0.264 e. The summed E-state index contributed by atoms with van der Waals surface area (Å²) in [7, 11) is 1.57. The summed E-state index contributed by atoms with van der Waals surface area (Å²) in [5, 5.41) is 12.7. The van der Waals surface area contributed by atoms with Crippen LogP contribution in [0.4, 0.5) is 15.8 Å². The van der Waals surface area contributed by atoms with Crippen LogP contribution in [0, 0.1) is 11.8 Å². The van der Waals surface area contributed by atoms with Crippen molar-refractivity contribution in [1.82, 2.24) is 4.90 Å². The van der Waals surface area contributed by atoms with Crippen molar-refractivity contribution in [2.45, 2.75) is 70.0 Å². The summed E-state index contributed by atoms with van der Waals surface area (Å²) in [4.78, 5) is 44.1. The molecule has 0 aliphatic carbocycles. The predicted octanol–water partition coefficient (Wildman–Crippen LogP) is 5.46. The molecule has 9 nitrogen and oxygen atoms in total. The summed E-state index contributed by atoms with van der Waals surface area (Å²) in [6, 6.07) is 21.3. The highest BCUT2D eigenvalue weighted by atomic mass is 19.1. The van der Waals surface area contributed by atoms with Crippen molar-refractivity contribution >= 4 is 29.1 Å². The lowest BCUT2D eigenvalue weighted by atomic mass is 9.71. The number of para-hydroxylation sites is 1. The molecule has 3 aromatic rings. The van der Waals surface area contributed by atoms with Gasteiger partial charge in [-0.05, 0) is 74.7 Å². The highest BCUT2D eigenvalue weighted by molar-refractivity contribution is 6.07. The van der Waals surface area contributed by atoms with E-state index in [1.165, 1.54) is 13.8 Å². The fourth-order valence-electron chi connectivity index (χ4n) is 7.82. The molecule has 6 rings (SSSR count). The minimum atomic E-state index is -1.73. The predicted molar refractivity (Wildman–Crippen MR) is 176 cm³/mol.